The summed E-state index contributed by atoms with van der Waals surface area (Å²) in [4.78, 5) is 0. The third-order valence-electron chi connectivity index (χ3n) is 13.6. The van der Waals surface area contributed by atoms with E-state index in [2.05, 4.69) is 228 Å². The summed E-state index contributed by atoms with van der Waals surface area (Å²) in [6.07, 6.45) is 0. The van der Waals surface area contributed by atoms with E-state index in [4.69, 9.17) is 0 Å². The van der Waals surface area contributed by atoms with E-state index in [0.717, 1.165) is 5.69 Å². The first-order valence-corrected chi connectivity index (χ1v) is 21.5. The number of hydrogen-bond donors (Lipinski definition) is 0. The highest BCUT2D eigenvalue weighted by molar-refractivity contribution is 6.20. The molecule has 286 valence electrons. The first kappa shape index (κ1) is 33.6. The molecule has 0 radical (unpaired) electrons. The second-order valence-electron chi connectivity index (χ2n) is 16.8. The summed E-state index contributed by atoms with van der Waals surface area (Å²) in [5.74, 6) is 0. The molecule has 2 nitrogen and oxygen atoms in total. The Labute approximate surface area is 357 Å². The molecule has 0 bridgehead atoms. The Morgan fingerprint density at radius 2 is 0.887 bits per heavy atom. The SMILES string of the molecule is c1ccc(-n2c3cc(-c4ccc5c(c4)c4ccccc4n5-c4cccc5c(-c6ccc7c(c6)-c6cccc8cccc-7c68)cccc45)ccc3c3ccc4ccccc4c32)cc1. The second kappa shape index (κ2) is 12.7. The lowest BCUT2D eigenvalue weighted by molar-refractivity contribution is 1.19. The predicted octanol–water partition coefficient (Wildman–Crippen LogP) is 16.3. The quantitative estimate of drug-likeness (QED) is 0.168. The molecule has 0 fully saturated rings. The molecule has 0 atom stereocenters. The van der Waals surface area contributed by atoms with Crippen LogP contribution in [0.5, 0.6) is 0 Å². The highest BCUT2D eigenvalue weighted by Crippen LogP contribution is 2.49. The number of rotatable bonds is 4. The summed E-state index contributed by atoms with van der Waals surface area (Å²) in [6.45, 7) is 0. The smallest absolute Gasteiger partial charge is 0.0619 e. The van der Waals surface area contributed by atoms with Gasteiger partial charge >= 0.3 is 0 Å². The number of benzene rings is 11. The zero-order chi connectivity index (χ0) is 40.5. The lowest BCUT2D eigenvalue weighted by Gasteiger charge is -2.15. The summed E-state index contributed by atoms with van der Waals surface area (Å²) in [5, 5.41) is 12.7. The molecule has 2 heterocycles. The van der Waals surface area contributed by atoms with E-state index in [1.165, 1.54) is 126 Å². The molecule has 0 spiro atoms. The Hall–Kier alpha value is -8.20. The maximum Gasteiger partial charge on any atom is 0.0619 e. The lowest BCUT2D eigenvalue weighted by atomic mass is 9.93. The zero-order valence-electron chi connectivity index (χ0n) is 33.7. The van der Waals surface area contributed by atoms with E-state index in [1.54, 1.807) is 0 Å². The standard InChI is InChI=1S/C60H36N2/c1-2-15-42(16-3-1)61-58-36-40(27-31-49(58)52-32-26-37-12-4-5-17-44(37)60(52)61)39-29-33-57-54(34-39)48-18-6-7-24-55(48)62(57)56-25-11-20-45-43(19-10-21-47(45)56)41-28-30-46-50-22-8-13-38-14-9-23-51(59(38)50)53(46)35-41/h1-36H. The van der Waals surface area contributed by atoms with Crippen LogP contribution in [0.3, 0.4) is 0 Å². The molecule has 0 saturated carbocycles. The van der Waals surface area contributed by atoms with Gasteiger partial charge < -0.3 is 9.13 Å². The average molecular weight is 785 g/mol. The van der Waals surface area contributed by atoms with Gasteiger partial charge in [0, 0.05) is 38.0 Å². The van der Waals surface area contributed by atoms with Gasteiger partial charge in [0.05, 0.1) is 27.8 Å². The van der Waals surface area contributed by atoms with Crippen molar-refractivity contribution < 1.29 is 0 Å². The van der Waals surface area contributed by atoms with Gasteiger partial charge in [-0.1, -0.05) is 170 Å². The van der Waals surface area contributed by atoms with E-state index < -0.39 is 0 Å². The summed E-state index contributed by atoms with van der Waals surface area (Å²) < 4.78 is 4.93. The molecular formula is C60H36N2. The number of aromatic nitrogens is 2. The van der Waals surface area contributed by atoms with Crippen molar-refractivity contribution in [2.45, 2.75) is 0 Å². The lowest BCUT2D eigenvalue weighted by Crippen LogP contribution is -1.96. The van der Waals surface area contributed by atoms with Crippen molar-refractivity contribution in [1.82, 2.24) is 9.13 Å². The molecule has 2 heteroatoms. The van der Waals surface area contributed by atoms with Crippen LogP contribution in [0.4, 0.5) is 0 Å². The molecule has 13 aromatic rings. The van der Waals surface area contributed by atoms with Gasteiger partial charge in [0.15, 0.2) is 0 Å². The normalized spacial score (nSPS) is 12.2. The van der Waals surface area contributed by atoms with Crippen LogP contribution in [-0.4, -0.2) is 9.13 Å². The van der Waals surface area contributed by atoms with E-state index in [0.29, 0.717) is 0 Å². The van der Waals surface area contributed by atoms with Gasteiger partial charge in [-0.3, -0.25) is 0 Å². The fourth-order valence-corrected chi connectivity index (χ4v) is 10.9. The van der Waals surface area contributed by atoms with Crippen LogP contribution >= 0.6 is 0 Å². The van der Waals surface area contributed by atoms with Crippen LogP contribution < -0.4 is 0 Å². The Morgan fingerprint density at radius 3 is 1.79 bits per heavy atom. The summed E-state index contributed by atoms with van der Waals surface area (Å²) in [6, 6.07) is 81.0. The molecule has 0 N–H and O–H groups in total. The van der Waals surface area contributed by atoms with E-state index in [-0.39, 0.29) is 0 Å². The van der Waals surface area contributed by atoms with Gasteiger partial charge in [-0.05, 0) is 115 Å². The van der Waals surface area contributed by atoms with Gasteiger partial charge in [0.2, 0.25) is 0 Å². The van der Waals surface area contributed by atoms with Gasteiger partial charge in [-0.2, -0.15) is 0 Å². The fourth-order valence-electron chi connectivity index (χ4n) is 10.9. The second-order valence-corrected chi connectivity index (χ2v) is 16.8. The summed E-state index contributed by atoms with van der Waals surface area (Å²) in [7, 11) is 0. The Kier molecular flexibility index (Phi) is 6.86. The van der Waals surface area contributed by atoms with Crippen LogP contribution in [0.1, 0.15) is 0 Å². The molecule has 11 aromatic carbocycles. The molecule has 0 saturated heterocycles. The zero-order valence-corrected chi connectivity index (χ0v) is 33.7. The van der Waals surface area contributed by atoms with E-state index >= 15 is 0 Å². The molecule has 0 amide bonds. The molecule has 1 aliphatic carbocycles. The van der Waals surface area contributed by atoms with Crippen molar-refractivity contribution in [1.29, 1.82) is 0 Å². The van der Waals surface area contributed by atoms with Crippen molar-refractivity contribution in [2.24, 2.45) is 0 Å². The maximum absolute atomic E-state index is 2.47. The molecule has 2 aromatic heterocycles. The van der Waals surface area contributed by atoms with Gasteiger partial charge in [-0.25, -0.2) is 0 Å². The van der Waals surface area contributed by atoms with E-state index in [9.17, 15) is 0 Å². The number of para-hydroxylation sites is 2. The van der Waals surface area contributed by atoms with Gasteiger partial charge in [-0.15, -0.1) is 0 Å². The number of nitrogens with zero attached hydrogens (tertiary/aromatic N) is 2. The highest BCUT2D eigenvalue weighted by Gasteiger charge is 2.23. The third-order valence-corrected chi connectivity index (χ3v) is 13.6. The van der Waals surface area contributed by atoms with Gasteiger partial charge in [0.1, 0.15) is 0 Å². The van der Waals surface area contributed by atoms with Crippen molar-refractivity contribution >= 4 is 75.9 Å². The van der Waals surface area contributed by atoms with Crippen molar-refractivity contribution in [3.05, 3.63) is 218 Å². The first-order chi connectivity index (χ1) is 30.8. The minimum Gasteiger partial charge on any atom is -0.309 e. The van der Waals surface area contributed by atoms with Crippen LogP contribution in [0, 0.1) is 0 Å². The average Bonchev–Trinajstić information content (AvgIpc) is 3.97. The number of fused-ring (bicyclic) bond motifs is 12. The Bertz CT molecular complexity index is 4030. The molecule has 0 aliphatic heterocycles. The van der Waals surface area contributed by atoms with E-state index in [1.807, 2.05) is 0 Å². The van der Waals surface area contributed by atoms with Gasteiger partial charge in [0.25, 0.3) is 0 Å². The molecule has 0 unspecified atom stereocenters. The van der Waals surface area contributed by atoms with Crippen molar-refractivity contribution in [3.63, 3.8) is 0 Å². The highest BCUT2D eigenvalue weighted by atomic mass is 15.0. The summed E-state index contributed by atoms with van der Waals surface area (Å²) >= 11 is 0. The van der Waals surface area contributed by atoms with Crippen molar-refractivity contribution in [3.8, 4) is 55.9 Å². The topological polar surface area (TPSA) is 9.86 Å². The molecule has 14 rings (SSSR count). The third kappa shape index (κ3) is 4.64. The maximum atomic E-state index is 2.47. The first-order valence-electron chi connectivity index (χ1n) is 21.5. The fraction of sp³-hybridized carbons (Fsp3) is 0. The number of hydrogen-bond acceptors (Lipinski definition) is 0. The minimum atomic E-state index is 1.16. The van der Waals surface area contributed by atoms with Crippen molar-refractivity contribution in [2.75, 3.05) is 0 Å². The van der Waals surface area contributed by atoms with Crippen LogP contribution in [0.25, 0.3) is 132 Å². The van der Waals surface area contributed by atoms with Crippen LogP contribution in [0.15, 0.2) is 218 Å². The Morgan fingerprint density at radius 1 is 0.258 bits per heavy atom. The van der Waals surface area contributed by atoms with Crippen LogP contribution in [0.2, 0.25) is 0 Å². The van der Waals surface area contributed by atoms with Crippen LogP contribution in [-0.2, 0) is 0 Å². The monoisotopic (exact) mass is 784 g/mol. The summed E-state index contributed by atoms with van der Waals surface area (Å²) in [5.41, 5.74) is 17.4. The Balaban J connectivity index is 0.937. The molecule has 1 aliphatic rings. The minimum absolute atomic E-state index is 1.16. The molecule has 62 heavy (non-hydrogen) atoms. The largest absolute Gasteiger partial charge is 0.309 e. The molecular weight excluding hydrogens is 749 g/mol. The predicted molar refractivity (Wildman–Crippen MR) is 263 cm³/mol.